The van der Waals surface area contributed by atoms with Crippen molar-refractivity contribution in [3.05, 3.63) is 12.2 Å². The van der Waals surface area contributed by atoms with Gasteiger partial charge in [-0.25, -0.2) is 0 Å². The molecule has 3 rings (SSSR count). The summed E-state index contributed by atoms with van der Waals surface area (Å²) in [6, 6.07) is 0. The minimum absolute atomic E-state index is 0.239. The van der Waals surface area contributed by atoms with Gasteiger partial charge in [0.15, 0.2) is 0 Å². The number of allylic oxidation sites excluding steroid dienone is 1. The van der Waals surface area contributed by atoms with Gasteiger partial charge in [-0.15, -0.1) is 0 Å². The van der Waals surface area contributed by atoms with Crippen molar-refractivity contribution in [3.63, 3.8) is 0 Å². The van der Waals surface area contributed by atoms with Gasteiger partial charge in [0.1, 0.15) is 0 Å². The smallest absolute Gasteiger partial charge is 0.246 e. The molecule has 0 N–H and O–H groups in total. The summed E-state index contributed by atoms with van der Waals surface area (Å²) in [4.78, 5) is 14.5. The summed E-state index contributed by atoms with van der Waals surface area (Å²) in [6.45, 7) is 3.89. The lowest BCUT2D eigenvalue weighted by Gasteiger charge is -2.30. The Morgan fingerprint density at radius 1 is 1.14 bits per heavy atom. The van der Waals surface area contributed by atoms with E-state index in [1.54, 1.807) is 0 Å². The third-order valence-electron chi connectivity index (χ3n) is 5.98. The summed E-state index contributed by atoms with van der Waals surface area (Å²) in [5.74, 6) is 4.13. The van der Waals surface area contributed by atoms with E-state index in [9.17, 15) is 4.79 Å². The Morgan fingerprint density at radius 2 is 2.00 bits per heavy atom. The van der Waals surface area contributed by atoms with Crippen LogP contribution >= 0.6 is 11.8 Å². The van der Waals surface area contributed by atoms with E-state index >= 15 is 0 Å². The fourth-order valence-electron chi connectivity index (χ4n) is 4.65. The maximum Gasteiger partial charge on any atom is 0.246 e. The molecule has 2 aliphatic carbocycles. The second-order valence-electron chi connectivity index (χ2n) is 7.40. The summed E-state index contributed by atoms with van der Waals surface area (Å²) in [5, 5.41) is 0.672. The number of likely N-dealkylation sites (N-methyl/N-ethyl adjacent to an activating group) is 1. The monoisotopic (exact) mass is 321 g/mol. The maximum absolute atomic E-state index is 12.5. The first-order valence-electron chi connectivity index (χ1n) is 9.35. The number of amides is 1. The molecule has 4 unspecified atom stereocenters. The van der Waals surface area contributed by atoms with E-state index in [0.717, 1.165) is 24.9 Å². The number of nitrogens with zero attached hydrogens (tertiary/aromatic N) is 1. The van der Waals surface area contributed by atoms with Gasteiger partial charge in [-0.1, -0.05) is 25.3 Å². The van der Waals surface area contributed by atoms with Crippen LogP contribution in [0.15, 0.2) is 12.2 Å². The third-order valence-corrected chi connectivity index (χ3v) is 7.36. The van der Waals surface area contributed by atoms with Crippen LogP contribution in [-0.2, 0) is 4.79 Å². The first kappa shape index (κ1) is 16.4. The highest BCUT2D eigenvalue weighted by Crippen LogP contribution is 2.44. The quantitative estimate of drug-likeness (QED) is 0.695. The molecule has 0 spiro atoms. The molecular formula is C19H31NOS. The number of fused-ring (bicyclic) bond motifs is 1. The molecule has 3 heteroatoms. The Hall–Kier alpha value is -0.440. The Labute approximate surface area is 140 Å². The lowest BCUT2D eigenvalue weighted by atomic mass is 9.76. The van der Waals surface area contributed by atoms with E-state index in [-0.39, 0.29) is 5.91 Å². The number of hydrogen-bond acceptors (Lipinski definition) is 2. The van der Waals surface area contributed by atoms with Crippen molar-refractivity contribution in [3.8, 4) is 0 Å². The zero-order chi connectivity index (χ0) is 15.4. The minimum Gasteiger partial charge on any atom is -0.338 e. The topological polar surface area (TPSA) is 20.3 Å². The van der Waals surface area contributed by atoms with Crippen LogP contribution in [0.2, 0.25) is 0 Å². The van der Waals surface area contributed by atoms with E-state index in [2.05, 4.69) is 13.0 Å². The second kappa shape index (κ2) is 7.90. The standard InChI is InChI=1S/C19H31NOS/c1-2-20(14-18-7-4-12-22-18)19(21)11-9-15-8-10-16-5-3-6-17(16)13-15/h9,11,15-18H,2-8,10,12-14H2,1H3/b11-9+. The predicted molar refractivity (Wildman–Crippen MR) is 95.0 cm³/mol. The van der Waals surface area contributed by atoms with Crippen molar-refractivity contribution in [2.75, 3.05) is 18.8 Å². The molecule has 1 saturated heterocycles. The van der Waals surface area contributed by atoms with Gasteiger partial charge in [-0.2, -0.15) is 11.8 Å². The van der Waals surface area contributed by atoms with Crippen LogP contribution in [0.5, 0.6) is 0 Å². The largest absolute Gasteiger partial charge is 0.338 e. The van der Waals surface area contributed by atoms with Gasteiger partial charge in [0.25, 0.3) is 0 Å². The average molecular weight is 322 g/mol. The first-order valence-corrected chi connectivity index (χ1v) is 10.4. The molecule has 3 fully saturated rings. The maximum atomic E-state index is 12.5. The average Bonchev–Trinajstić information content (AvgIpc) is 3.20. The normalized spacial score (nSPS) is 35.0. The Morgan fingerprint density at radius 3 is 2.77 bits per heavy atom. The Balaban J connectivity index is 1.48. The molecule has 0 aromatic carbocycles. The first-order chi connectivity index (χ1) is 10.8. The highest BCUT2D eigenvalue weighted by molar-refractivity contribution is 8.00. The SMILES string of the molecule is CCN(CC1CCCS1)C(=O)/C=C/C1CCC2CCCC2C1. The van der Waals surface area contributed by atoms with Gasteiger partial charge in [0, 0.05) is 18.3 Å². The van der Waals surface area contributed by atoms with E-state index < -0.39 is 0 Å². The third kappa shape index (κ3) is 4.10. The van der Waals surface area contributed by atoms with Crippen molar-refractivity contribution in [1.29, 1.82) is 0 Å². The summed E-state index contributed by atoms with van der Waals surface area (Å²) in [5.41, 5.74) is 0. The van der Waals surface area contributed by atoms with Crippen molar-refractivity contribution >= 4 is 17.7 Å². The van der Waals surface area contributed by atoms with Crippen LogP contribution in [0, 0.1) is 17.8 Å². The van der Waals surface area contributed by atoms with Crippen LogP contribution in [-0.4, -0.2) is 34.9 Å². The Bertz CT molecular complexity index is 402. The molecule has 1 amide bonds. The van der Waals surface area contributed by atoms with Gasteiger partial charge < -0.3 is 4.90 Å². The van der Waals surface area contributed by atoms with Crippen LogP contribution in [0.4, 0.5) is 0 Å². The number of thioether (sulfide) groups is 1. The van der Waals surface area contributed by atoms with Crippen LogP contribution < -0.4 is 0 Å². The number of rotatable bonds is 5. The molecular weight excluding hydrogens is 290 g/mol. The summed E-state index contributed by atoms with van der Waals surface area (Å²) in [6.07, 6.45) is 15.1. The molecule has 1 heterocycles. The minimum atomic E-state index is 0.239. The Kier molecular flexibility index (Phi) is 5.89. The molecule has 22 heavy (non-hydrogen) atoms. The molecule has 124 valence electrons. The van der Waals surface area contributed by atoms with E-state index in [0.29, 0.717) is 11.2 Å². The highest BCUT2D eigenvalue weighted by Gasteiger charge is 2.32. The molecule has 0 aromatic rings. The zero-order valence-electron chi connectivity index (χ0n) is 14.0. The molecule has 2 nitrogen and oxygen atoms in total. The van der Waals surface area contributed by atoms with Gasteiger partial charge in [-0.3, -0.25) is 4.79 Å². The van der Waals surface area contributed by atoms with Crippen molar-refractivity contribution in [2.45, 2.75) is 63.5 Å². The van der Waals surface area contributed by atoms with Gasteiger partial charge in [-0.05, 0) is 68.6 Å². The number of hydrogen-bond donors (Lipinski definition) is 0. The summed E-state index contributed by atoms with van der Waals surface area (Å²) < 4.78 is 0. The molecule has 2 saturated carbocycles. The zero-order valence-corrected chi connectivity index (χ0v) is 14.8. The summed E-state index contributed by atoms with van der Waals surface area (Å²) in [7, 11) is 0. The molecule has 4 atom stereocenters. The lowest BCUT2D eigenvalue weighted by molar-refractivity contribution is -0.125. The second-order valence-corrected chi connectivity index (χ2v) is 8.80. The van der Waals surface area contributed by atoms with Gasteiger partial charge in [0.2, 0.25) is 5.91 Å². The van der Waals surface area contributed by atoms with Crippen LogP contribution in [0.3, 0.4) is 0 Å². The summed E-state index contributed by atoms with van der Waals surface area (Å²) >= 11 is 2.04. The predicted octanol–water partition coefficient (Wildman–Crippen LogP) is 4.50. The number of carbonyl (C=O) groups is 1. The van der Waals surface area contributed by atoms with E-state index in [1.807, 2.05) is 22.7 Å². The molecule has 0 bridgehead atoms. The van der Waals surface area contributed by atoms with Crippen molar-refractivity contribution < 1.29 is 4.79 Å². The van der Waals surface area contributed by atoms with Crippen molar-refractivity contribution in [1.82, 2.24) is 4.90 Å². The van der Waals surface area contributed by atoms with Crippen LogP contribution in [0.1, 0.15) is 58.3 Å². The molecule has 1 aliphatic heterocycles. The fraction of sp³-hybridized carbons (Fsp3) is 0.842. The van der Waals surface area contributed by atoms with Gasteiger partial charge in [0.05, 0.1) is 0 Å². The fourth-order valence-corrected chi connectivity index (χ4v) is 5.93. The molecule has 3 aliphatic rings. The van der Waals surface area contributed by atoms with E-state index in [4.69, 9.17) is 0 Å². The van der Waals surface area contributed by atoms with Crippen LogP contribution in [0.25, 0.3) is 0 Å². The van der Waals surface area contributed by atoms with Crippen molar-refractivity contribution in [2.24, 2.45) is 17.8 Å². The van der Waals surface area contributed by atoms with Gasteiger partial charge >= 0.3 is 0 Å². The van der Waals surface area contributed by atoms with E-state index in [1.165, 1.54) is 57.1 Å². The highest BCUT2D eigenvalue weighted by atomic mass is 32.2. The molecule has 0 radical (unpaired) electrons. The lowest BCUT2D eigenvalue weighted by Crippen LogP contribution is -2.34. The number of carbonyl (C=O) groups excluding carboxylic acids is 1. The molecule has 0 aromatic heterocycles.